The Balaban J connectivity index is 1.97. The highest BCUT2D eigenvalue weighted by Gasteiger charge is 2.30. The van der Waals surface area contributed by atoms with Gasteiger partial charge in [-0.05, 0) is 47.5 Å². The first-order valence-electron chi connectivity index (χ1n) is 8.22. The van der Waals surface area contributed by atoms with Gasteiger partial charge in [-0.15, -0.1) is 0 Å². The van der Waals surface area contributed by atoms with E-state index in [4.69, 9.17) is 0 Å². The van der Waals surface area contributed by atoms with E-state index >= 15 is 0 Å². The van der Waals surface area contributed by atoms with Crippen LogP contribution in [-0.4, -0.2) is 9.97 Å². The van der Waals surface area contributed by atoms with Crippen LogP contribution in [0.3, 0.4) is 0 Å². The van der Waals surface area contributed by atoms with Gasteiger partial charge in [0, 0.05) is 17.8 Å². The van der Waals surface area contributed by atoms with E-state index in [0.29, 0.717) is 16.5 Å². The molecule has 0 atom stereocenters. The fourth-order valence-corrected chi connectivity index (χ4v) is 3.10. The van der Waals surface area contributed by atoms with Gasteiger partial charge >= 0.3 is 6.18 Å². The monoisotopic (exact) mass is 386 g/mol. The van der Waals surface area contributed by atoms with Gasteiger partial charge in [0.1, 0.15) is 17.3 Å². The first kappa shape index (κ1) is 18.0. The largest absolute Gasteiger partial charge is 0.416 e. The minimum absolute atomic E-state index is 0.0121. The standard InChI is InChI=1S/C21H11F5N2/c22-16-5-2-6-17(23)18(16)20-19-15(8-10-28-20)14(7-9-27-19)12-3-1-4-13(11-12)21(24,25)26/h1-11H. The molecule has 2 nitrogen and oxygen atoms in total. The molecule has 0 aliphatic rings. The van der Waals surface area contributed by atoms with Crippen LogP contribution < -0.4 is 0 Å². The van der Waals surface area contributed by atoms with Gasteiger partial charge in [0.2, 0.25) is 0 Å². The van der Waals surface area contributed by atoms with Crippen LogP contribution in [0.5, 0.6) is 0 Å². The Bertz CT molecular complexity index is 1160. The van der Waals surface area contributed by atoms with Crippen molar-refractivity contribution in [1.82, 2.24) is 9.97 Å². The molecule has 4 aromatic rings. The highest BCUT2D eigenvalue weighted by molar-refractivity contribution is 6.00. The number of pyridine rings is 2. The summed E-state index contributed by atoms with van der Waals surface area (Å²) in [4.78, 5) is 8.25. The van der Waals surface area contributed by atoms with Crippen LogP contribution in [0.4, 0.5) is 22.0 Å². The minimum Gasteiger partial charge on any atom is -0.254 e. The van der Waals surface area contributed by atoms with Crippen molar-refractivity contribution in [2.75, 3.05) is 0 Å². The van der Waals surface area contributed by atoms with E-state index in [0.717, 1.165) is 24.3 Å². The summed E-state index contributed by atoms with van der Waals surface area (Å²) >= 11 is 0. The minimum atomic E-state index is -4.48. The molecule has 0 N–H and O–H groups in total. The number of nitrogens with zero attached hydrogens (tertiary/aromatic N) is 2. The van der Waals surface area contributed by atoms with Gasteiger partial charge in [0.05, 0.1) is 16.6 Å². The molecule has 0 spiro atoms. The van der Waals surface area contributed by atoms with E-state index in [2.05, 4.69) is 9.97 Å². The van der Waals surface area contributed by atoms with Crippen molar-refractivity contribution in [2.45, 2.75) is 6.18 Å². The maximum atomic E-state index is 14.2. The van der Waals surface area contributed by atoms with Crippen LogP contribution in [-0.2, 0) is 6.18 Å². The Kier molecular flexibility index (Phi) is 4.30. The summed E-state index contributed by atoms with van der Waals surface area (Å²) in [6.07, 6.45) is -1.76. The molecule has 0 aliphatic carbocycles. The predicted octanol–water partition coefficient (Wildman–Crippen LogP) is 6.26. The van der Waals surface area contributed by atoms with E-state index < -0.39 is 23.4 Å². The number of aromatic nitrogens is 2. The second-order valence-corrected chi connectivity index (χ2v) is 6.09. The average Bonchev–Trinajstić information content (AvgIpc) is 2.67. The molecule has 0 saturated carbocycles. The highest BCUT2D eigenvalue weighted by atomic mass is 19.4. The van der Waals surface area contributed by atoms with E-state index in [1.807, 2.05) is 0 Å². The molecule has 2 heterocycles. The van der Waals surface area contributed by atoms with Gasteiger partial charge in [-0.2, -0.15) is 13.2 Å². The Morgan fingerprint density at radius 1 is 0.750 bits per heavy atom. The molecule has 7 heteroatoms. The third kappa shape index (κ3) is 3.09. The first-order chi connectivity index (χ1) is 13.4. The summed E-state index contributed by atoms with van der Waals surface area (Å²) in [5, 5.41) is 0.439. The van der Waals surface area contributed by atoms with Crippen molar-refractivity contribution in [3.8, 4) is 22.4 Å². The number of hydrogen-bond donors (Lipinski definition) is 0. The molecule has 0 radical (unpaired) electrons. The molecule has 0 unspecified atom stereocenters. The smallest absolute Gasteiger partial charge is 0.254 e. The van der Waals surface area contributed by atoms with Crippen LogP contribution in [0.25, 0.3) is 33.3 Å². The third-order valence-corrected chi connectivity index (χ3v) is 4.36. The maximum Gasteiger partial charge on any atom is 0.416 e. The molecule has 0 amide bonds. The highest BCUT2D eigenvalue weighted by Crippen LogP contribution is 2.36. The molecule has 2 aromatic heterocycles. The van der Waals surface area contributed by atoms with Crippen LogP contribution in [0.15, 0.2) is 67.0 Å². The first-order valence-corrected chi connectivity index (χ1v) is 8.22. The molecule has 0 saturated heterocycles. The lowest BCUT2D eigenvalue weighted by molar-refractivity contribution is -0.137. The number of hydrogen-bond acceptors (Lipinski definition) is 2. The second-order valence-electron chi connectivity index (χ2n) is 6.09. The molecular formula is C21H11F5N2. The van der Waals surface area contributed by atoms with Gasteiger partial charge in [0.15, 0.2) is 0 Å². The second kappa shape index (κ2) is 6.67. The summed E-state index contributed by atoms with van der Waals surface area (Å²) in [5.41, 5.74) is -0.167. The summed E-state index contributed by atoms with van der Waals surface area (Å²) in [5.74, 6) is -1.60. The van der Waals surface area contributed by atoms with E-state index in [9.17, 15) is 22.0 Å². The molecule has 2 aromatic carbocycles. The molecular weight excluding hydrogens is 375 g/mol. The van der Waals surface area contributed by atoms with E-state index in [1.54, 1.807) is 12.1 Å². The van der Waals surface area contributed by atoms with Gasteiger partial charge in [-0.3, -0.25) is 9.97 Å². The van der Waals surface area contributed by atoms with Crippen molar-refractivity contribution >= 4 is 10.9 Å². The number of fused-ring (bicyclic) bond motifs is 1. The van der Waals surface area contributed by atoms with Crippen LogP contribution in [0, 0.1) is 11.6 Å². The van der Waals surface area contributed by atoms with Crippen molar-refractivity contribution in [2.24, 2.45) is 0 Å². The lowest BCUT2D eigenvalue weighted by Gasteiger charge is -2.12. The predicted molar refractivity (Wildman–Crippen MR) is 95.3 cm³/mol. The van der Waals surface area contributed by atoms with Crippen molar-refractivity contribution in [3.05, 3.63) is 84.2 Å². The molecule has 4 rings (SSSR count). The topological polar surface area (TPSA) is 25.8 Å². The summed E-state index contributed by atoms with van der Waals surface area (Å²) in [6.45, 7) is 0. The normalized spacial score (nSPS) is 11.8. The zero-order valence-corrected chi connectivity index (χ0v) is 14.1. The summed E-state index contributed by atoms with van der Waals surface area (Å²) in [6, 6.07) is 11.4. The van der Waals surface area contributed by atoms with Crippen molar-refractivity contribution in [3.63, 3.8) is 0 Å². The van der Waals surface area contributed by atoms with Gasteiger partial charge in [-0.25, -0.2) is 8.78 Å². The maximum absolute atomic E-state index is 14.2. The lowest BCUT2D eigenvalue weighted by Crippen LogP contribution is -2.04. The number of benzene rings is 2. The lowest BCUT2D eigenvalue weighted by atomic mass is 9.98. The van der Waals surface area contributed by atoms with Gasteiger partial charge in [0.25, 0.3) is 0 Å². The quantitative estimate of drug-likeness (QED) is 0.380. The van der Waals surface area contributed by atoms with E-state index in [-0.39, 0.29) is 16.8 Å². The van der Waals surface area contributed by atoms with E-state index in [1.165, 1.54) is 30.6 Å². The SMILES string of the molecule is Fc1cccc(F)c1-c1nccc2c(-c3cccc(C(F)(F)F)c3)ccnc12. The Morgan fingerprint density at radius 2 is 1.43 bits per heavy atom. The zero-order valence-electron chi connectivity index (χ0n) is 14.1. The van der Waals surface area contributed by atoms with Crippen LogP contribution in [0.2, 0.25) is 0 Å². The van der Waals surface area contributed by atoms with Crippen LogP contribution >= 0.6 is 0 Å². The number of rotatable bonds is 2. The van der Waals surface area contributed by atoms with Gasteiger partial charge < -0.3 is 0 Å². The van der Waals surface area contributed by atoms with Crippen LogP contribution in [0.1, 0.15) is 5.56 Å². The summed E-state index contributed by atoms with van der Waals surface area (Å²) in [7, 11) is 0. The molecule has 140 valence electrons. The Morgan fingerprint density at radius 3 is 2.14 bits per heavy atom. The fourth-order valence-electron chi connectivity index (χ4n) is 3.10. The van der Waals surface area contributed by atoms with Gasteiger partial charge in [-0.1, -0.05) is 18.2 Å². The molecule has 0 fully saturated rings. The average molecular weight is 386 g/mol. The number of halogens is 5. The Labute approximate surface area is 156 Å². The van der Waals surface area contributed by atoms with Crippen molar-refractivity contribution < 1.29 is 22.0 Å². The fraction of sp³-hybridized carbons (Fsp3) is 0.0476. The zero-order chi connectivity index (χ0) is 19.9. The van der Waals surface area contributed by atoms with Crippen molar-refractivity contribution in [1.29, 1.82) is 0 Å². The summed E-state index contributed by atoms with van der Waals surface area (Å²) < 4.78 is 67.7. The Hall–Kier alpha value is -3.35. The third-order valence-electron chi connectivity index (χ3n) is 4.36. The molecule has 0 aliphatic heterocycles. The number of alkyl halides is 3. The molecule has 0 bridgehead atoms. The molecule has 28 heavy (non-hydrogen) atoms.